The Morgan fingerprint density at radius 1 is 1.09 bits per heavy atom. The molecule has 0 unspecified atom stereocenters. The minimum atomic E-state index is -0.965. The number of aliphatic carboxylic acids is 1. The number of nitrogens with zero attached hydrogens (tertiary/aromatic N) is 1. The lowest BCUT2D eigenvalue weighted by Gasteiger charge is -2.32. The van der Waals surface area contributed by atoms with Crippen LogP contribution < -0.4 is 4.74 Å². The summed E-state index contributed by atoms with van der Waals surface area (Å²) >= 11 is 8.46. The molecular formula is C29H24ClNO3S. The van der Waals surface area contributed by atoms with Gasteiger partial charge >= 0.3 is 5.97 Å². The number of fused-ring (bicyclic) bond motifs is 1. The molecule has 1 N–H and O–H groups in total. The van der Waals surface area contributed by atoms with E-state index in [0.29, 0.717) is 10.9 Å². The maximum atomic E-state index is 10.9. The molecule has 35 heavy (non-hydrogen) atoms. The molecule has 5 rings (SSSR count). The SMILES string of the molecule is COc1ccc(C(=C(c2ccc(C=CC(=O)O)cc2)c2ccc3scnc3c2)C2CCC2)c(Cl)c1. The van der Waals surface area contributed by atoms with Gasteiger partial charge in [0.25, 0.3) is 0 Å². The zero-order valence-corrected chi connectivity index (χ0v) is 20.8. The van der Waals surface area contributed by atoms with Gasteiger partial charge in [-0.15, -0.1) is 11.3 Å². The minimum Gasteiger partial charge on any atom is -0.497 e. The lowest BCUT2D eigenvalue weighted by atomic mass is 9.73. The summed E-state index contributed by atoms with van der Waals surface area (Å²) in [6.07, 6.45) is 6.17. The Balaban J connectivity index is 1.74. The molecule has 0 aliphatic heterocycles. The van der Waals surface area contributed by atoms with Crippen LogP contribution in [0, 0.1) is 5.92 Å². The number of carboxylic acids is 1. The molecular weight excluding hydrogens is 478 g/mol. The van der Waals surface area contributed by atoms with Crippen LogP contribution in [0.2, 0.25) is 5.02 Å². The van der Waals surface area contributed by atoms with Gasteiger partial charge in [0.05, 0.1) is 27.9 Å². The van der Waals surface area contributed by atoms with Crippen LogP contribution in [-0.2, 0) is 4.79 Å². The Hall–Kier alpha value is -3.41. The van der Waals surface area contributed by atoms with Crippen LogP contribution in [0.1, 0.15) is 41.5 Å². The van der Waals surface area contributed by atoms with Gasteiger partial charge in [-0.1, -0.05) is 48.4 Å². The maximum absolute atomic E-state index is 10.9. The normalized spacial score (nSPS) is 14.7. The van der Waals surface area contributed by atoms with Crippen LogP contribution in [-0.4, -0.2) is 23.2 Å². The molecule has 1 aliphatic carbocycles. The molecule has 4 aromatic rings. The Kier molecular flexibility index (Phi) is 6.71. The molecule has 3 aromatic carbocycles. The molecule has 0 amide bonds. The van der Waals surface area contributed by atoms with Crippen LogP contribution in [0.25, 0.3) is 27.4 Å². The predicted molar refractivity (Wildman–Crippen MR) is 144 cm³/mol. The zero-order chi connectivity index (χ0) is 24.4. The first kappa shape index (κ1) is 23.3. The summed E-state index contributed by atoms with van der Waals surface area (Å²) < 4.78 is 6.54. The van der Waals surface area contributed by atoms with E-state index < -0.39 is 5.97 Å². The summed E-state index contributed by atoms with van der Waals surface area (Å²) in [5.74, 6) is 0.160. The first-order valence-electron chi connectivity index (χ1n) is 11.5. The highest BCUT2D eigenvalue weighted by Gasteiger charge is 2.28. The van der Waals surface area contributed by atoms with E-state index in [2.05, 4.69) is 41.4 Å². The highest BCUT2D eigenvalue weighted by molar-refractivity contribution is 7.16. The molecule has 0 spiro atoms. The van der Waals surface area contributed by atoms with E-state index in [-0.39, 0.29) is 0 Å². The van der Waals surface area contributed by atoms with Crippen molar-refractivity contribution in [2.75, 3.05) is 7.11 Å². The van der Waals surface area contributed by atoms with Crippen molar-refractivity contribution in [1.29, 1.82) is 0 Å². The third-order valence-corrected chi connectivity index (χ3v) is 7.61. The number of ether oxygens (including phenoxy) is 1. The third-order valence-electron chi connectivity index (χ3n) is 6.49. The second-order valence-corrected chi connectivity index (χ2v) is 9.88. The predicted octanol–water partition coefficient (Wildman–Crippen LogP) is 7.82. The summed E-state index contributed by atoms with van der Waals surface area (Å²) in [6.45, 7) is 0. The molecule has 4 nitrogen and oxygen atoms in total. The first-order chi connectivity index (χ1) is 17.0. The molecule has 0 saturated heterocycles. The summed E-state index contributed by atoms with van der Waals surface area (Å²) in [7, 11) is 1.64. The van der Waals surface area contributed by atoms with Crippen LogP contribution in [0.15, 0.2) is 72.3 Å². The fourth-order valence-electron chi connectivity index (χ4n) is 4.52. The van der Waals surface area contributed by atoms with Gasteiger partial charge in [0.15, 0.2) is 0 Å². The second kappa shape index (κ2) is 10.1. The fourth-order valence-corrected chi connectivity index (χ4v) is 5.45. The van der Waals surface area contributed by atoms with Crippen molar-refractivity contribution < 1.29 is 14.6 Å². The number of thiazole rings is 1. The Morgan fingerprint density at radius 3 is 2.51 bits per heavy atom. The van der Waals surface area contributed by atoms with Crippen molar-refractivity contribution in [2.45, 2.75) is 19.3 Å². The number of carbonyl (C=O) groups is 1. The number of halogens is 1. The Labute approximate surface area is 213 Å². The molecule has 1 aromatic heterocycles. The summed E-state index contributed by atoms with van der Waals surface area (Å²) in [5, 5.41) is 9.64. The number of methoxy groups -OCH3 is 1. The monoisotopic (exact) mass is 501 g/mol. The van der Waals surface area contributed by atoms with Gasteiger partial charge in [0.2, 0.25) is 0 Å². The van der Waals surface area contributed by atoms with E-state index >= 15 is 0 Å². The van der Waals surface area contributed by atoms with E-state index in [1.54, 1.807) is 24.5 Å². The van der Waals surface area contributed by atoms with Crippen molar-refractivity contribution in [3.8, 4) is 5.75 Å². The number of hydrogen-bond donors (Lipinski definition) is 1. The number of hydrogen-bond acceptors (Lipinski definition) is 4. The van der Waals surface area contributed by atoms with Gasteiger partial charge in [-0.2, -0.15) is 0 Å². The minimum absolute atomic E-state index is 0.397. The maximum Gasteiger partial charge on any atom is 0.328 e. The number of rotatable bonds is 7. The summed E-state index contributed by atoms with van der Waals surface area (Å²) in [5.41, 5.74) is 9.19. The average Bonchev–Trinajstić information content (AvgIpc) is 3.30. The number of benzene rings is 3. The molecule has 0 radical (unpaired) electrons. The van der Waals surface area contributed by atoms with Gasteiger partial charge in [0, 0.05) is 6.08 Å². The highest BCUT2D eigenvalue weighted by atomic mass is 35.5. The standard InChI is InChI=1S/C29H24ClNO3S/c1-34-22-11-12-23(24(30)16-22)29(19-3-2-4-19)28(21-10-13-26-25(15-21)31-17-35-26)20-8-5-18(6-9-20)7-14-27(32)33/h5-17,19H,2-4H2,1H3,(H,32,33). The third kappa shape index (κ3) is 4.88. The van der Waals surface area contributed by atoms with Crippen molar-refractivity contribution >= 4 is 56.3 Å². The Morgan fingerprint density at radius 2 is 1.86 bits per heavy atom. The molecule has 1 saturated carbocycles. The summed E-state index contributed by atoms with van der Waals surface area (Å²) in [6, 6.07) is 20.3. The lowest BCUT2D eigenvalue weighted by Crippen LogP contribution is -2.15. The van der Waals surface area contributed by atoms with Crippen molar-refractivity contribution in [3.05, 3.63) is 99.5 Å². The van der Waals surface area contributed by atoms with Gasteiger partial charge in [-0.05, 0) is 88.6 Å². The van der Waals surface area contributed by atoms with Gasteiger partial charge in [-0.25, -0.2) is 9.78 Å². The van der Waals surface area contributed by atoms with Gasteiger partial charge < -0.3 is 9.84 Å². The molecule has 1 aliphatic rings. The Bertz CT molecular complexity index is 1450. The molecule has 0 bridgehead atoms. The van der Waals surface area contributed by atoms with Gasteiger partial charge in [0.1, 0.15) is 5.75 Å². The van der Waals surface area contributed by atoms with Crippen molar-refractivity contribution in [3.63, 3.8) is 0 Å². The first-order valence-corrected chi connectivity index (χ1v) is 12.7. The van der Waals surface area contributed by atoms with E-state index in [1.807, 2.05) is 29.8 Å². The molecule has 1 heterocycles. The second-order valence-electron chi connectivity index (χ2n) is 8.59. The number of carboxylic acid groups (broad SMARTS) is 1. The number of allylic oxidation sites excluding steroid dienone is 1. The largest absolute Gasteiger partial charge is 0.497 e. The highest BCUT2D eigenvalue weighted by Crippen LogP contribution is 2.47. The van der Waals surface area contributed by atoms with E-state index in [4.69, 9.17) is 21.4 Å². The molecule has 6 heteroatoms. The van der Waals surface area contributed by atoms with E-state index in [9.17, 15) is 4.79 Å². The molecule has 176 valence electrons. The van der Waals surface area contributed by atoms with E-state index in [0.717, 1.165) is 62.7 Å². The topological polar surface area (TPSA) is 59.4 Å². The van der Waals surface area contributed by atoms with Crippen LogP contribution in [0.5, 0.6) is 5.75 Å². The molecule has 0 atom stereocenters. The smallest absolute Gasteiger partial charge is 0.328 e. The lowest BCUT2D eigenvalue weighted by molar-refractivity contribution is -0.131. The fraction of sp³-hybridized carbons (Fsp3) is 0.172. The van der Waals surface area contributed by atoms with E-state index in [1.165, 1.54) is 12.0 Å². The zero-order valence-electron chi connectivity index (χ0n) is 19.2. The molecule has 1 fully saturated rings. The van der Waals surface area contributed by atoms with Gasteiger partial charge in [-0.3, -0.25) is 0 Å². The average molecular weight is 502 g/mol. The summed E-state index contributed by atoms with van der Waals surface area (Å²) in [4.78, 5) is 15.5. The van der Waals surface area contributed by atoms with Crippen LogP contribution >= 0.6 is 22.9 Å². The van der Waals surface area contributed by atoms with Crippen LogP contribution in [0.3, 0.4) is 0 Å². The van der Waals surface area contributed by atoms with Crippen molar-refractivity contribution in [2.24, 2.45) is 5.92 Å². The van der Waals surface area contributed by atoms with Crippen molar-refractivity contribution in [1.82, 2.24) is 4.98 Å². The number of aromatic nitrogens is 1. The quantitative estimate of drug-likeness (QED) is 0.207. The van der Waals surface area contributed by atoms with Crippen LogP contribution in [0.4, 0.5) is 0 Å².